The van der Waals surface area contributed by atoms with Crippen LogP contribution in [0.3, 0.4) is 0 Å². The summed E-state index contributed by atoms with van der Waals surface area (Å²) < 4.78 is 11.8. The molecule has 1 fully saturated rings. The zero-order valence-electron chi connectivity index (χ0n) is 17.7. The molecule has 2 aromatic carbocycles. The number of hydrogen-bond donors (Lipinski definition) is 0. The van der Waals surface area contributed by atoms with E-state index in [0.717, 1.165) is 5.56 Å². The van der Waals surface area contributed by atoms with Crippen molar-refractivity contribution >= 4 is 57.6 Å². The topological polar surface area (TPSA) is 81.9 Å². The Balaban J connectivity index is 1.79. The summed E-state index contributed by atoms with van der Waals surface area (Å²) in [5.41, 5.74) is 1.43. The second-order valence-corrected chi connectivity index (χ2v) is 9.52. The van der Waals surface area contributed by atoms with E-state index in [9.17, 15) is 14.9 Å². The SMILES string of the molecule is COc1cc(C=C2SC(=S)N(CC(C)C)C2=O)cc(Cl)c1OCc1ccc([N+](=O)[O-])cc1. The van der Waals surface area contributed by atoms with E-state index in [1.807, 2.05) is 13.8 Å². The summed E-state index contributed by atoms with van der Waals surface area (Å²) in [6.45, 7) is 4.79. The summed E-state index contributed by atoms with van der Waals surface area (Å²) in [6, 6.07) is 9.47. The summed E-state index contributed by atoms with van der Waals surface area (Å²) in [4.78, 5) is 25.2. The number of hydrogen-bond acceptors (Lipinski definition) is 7. The molecule has 1 aliphatic heterocycles. The lowest BCUT2D eigenvalue weighted by Crippen LogP contribution is -2.31. The molecule has 1 aliphatic rings. The number of nitro groups is 1. The van der Waals surface area contributed by atoms with Crippen molar-refractivity contribution in [1.82, 2.24) is 4.90 Å². The number of carbonyl (C=O) groups excluding carboxylic acids is 1. The Labute approximate surface area is 200 Å². The summed E-state index contributed by atoms with van der Waals surface area (Å²) in [5, 5.41) is 11.1. The first-order chi connectivity index (χ1) is 15.2. The van der Waals surface area contributed by atoms with Gasteiger partial charge in [0.1, 0.15) is 10.9 Å². The summed E-state index contributed by atoms with van der Waals surface area (Å²) in [6.07, 6.45) is 1.73. The second-order valence-electron chi connectivity index (χ2n) is 7.43. The van der Waals surface area contributed by atoms with Crippen LogP contribution in [0.4, 0.5) is 5.69 Å². The van der Waals surface area contributed by atoms with Gasteiger partial charge in [-0.25, -0.2) is 0 Å². The molecule has 1 heterocycles. The Morgan fingerprint density at radius 3 is 2.56 bits per heavy atom. The summed E-state index contributed by atoms with van der Waals surface area (Å²) in [7, 11) is 1.50. The Kier molecular flexibility index (Phi) is 7.76. The molecule has 0 N–H and O–H groups in total. The molecule has 0 radical (unpaired) electrons. The normalized spacial score (nSPS) is 15.0. The zero-order valence-corrected chi connectivity index (χ0v) is 20.1. The molecule has 0 atom stereocenters. The molecule has 1 amide bonds. The van der Waals surface area contributed by atoms with Crippen LogP contribution in [0.25, 0.3) is 6.08 Å². The fourth-order valence-electron chi connectivity index (χ4n) is 3.01. The molecule has 0 aliphatic carbocycles. The zero-order chi connectivity index (χ0) is 23.4. The monoisotopic (exact) mass is 492 g/mol. The van der Waals surface area contributed by atoms with E-state index < -0.39 is 4.92 Å². The Hall–Kier alpha value is -2.62. The molecular formula is C22H21ClN2O5S2. The molecule has 1 saturated heterocycles. The van der Waals surface area contributed by atoms with Crippen LogP contribution in [0, 0.1) is 16.0 Å². The maximum Gasteiger partial charge on any atom is 0.269 e. The van der Waals surface area contributed by atoms with Crippen molar-refractivity contribution in [2.45, 2.75) is 20.5 Å². The Morgan fingerprint density at radius 2 is 1.97 bits per heavy atom. The molecule has 168 valence electrons. The lowest BCUT2D eigenvalue weighted by molar-refractivity contribution is -0.384. The van der Waals surface area contributed by atoms with Gasteiger partial charge in [0.05, 0.1) is 22.0 Å². The first-order valence-electron chi connectivity index (χ1n) is 9.68. The van der Waals surface area contributed by atoms with Gasteiger partial charge >= 0.3 is 0 Å². The lowest BCUT2D eigenvalue weighted by atomic mass is 10.1. The van der Waals surface area contributed by atoms with Crippen LogP contribution in [-0.4, -0.2) is 33.7 Å². The molecule has 2 aromatic rings. The second kappa shape index (κ2) is 10.3. The summed E-state index contributed by atoms with van der Waals surface area (Å²) in [5.74, 6) is 0.932. The van der Waals surface area contributed by atoms with Gasteiger partial charge in [0.15, 0.2) is 11.5 Å². The average molecular weight is 493 g/mol. The van der Waals surface area contributed by atoms with Crippen molar-refractivity contribution < 1.29 is 19.2 Å². The van der Waals surface area contributed by atoms with E-state index in [-0.39, 0.29) is 18.2 Å². The van der Waals surface area contributed by atoms with Gasteiger partial charge < -0.3 is 9.47 Å². The van der Waals surface area contributed by atoms with E-state index in [1.54, 1.807) is 35.2 Å². The molecule has 3 rings (SSSR count). The van der Waals surface area contributed by atoms with Crippen molar-refractivity contribution in [2.75, 3.05) is 13.7 Å². The summed E-state index contributed by atoms with van der Waals surface area (Å²) >= 11 is 13.0. The fourth-order valence-corrected chi connectivity index (χ4v) is 4.56. The number of methoxy groups -OCH3 is 1. The first kappa shape index (κ1) is 24.0. The van der Waals surface area contributed by atoms with Crippen molar-refractivity contribution in [3.63, 3.8) is 0 Å². The van der Waals surface area contributed by atoms with Crippen molar-refractivity contribution in [3.05, 3.63) is 67.6 Å². The number of nitro benzene ring substituents is 1. The van der Waals surface area contributed by atoms with E-state index >= 15 is 0 Å². The maximum absolute atomic E-state index is 12.7. The minimum Gasteiger partial charge on any atom is -0.493 e. The number of thioether (sulfide) groups is 1. The number of benzene rings is 2. The number of ether oxygens (including phenoxy) is 2. The molecule has 0 saturated carbocycles. The average Bonchev–Trinajstić information content (AvgIpc) is 2.99. The van der Waals surface area contributed by atoms with Gasteiger partial charge in [0.2, 0.25) is 0 Å². The van der Waals surface area contributed by atoms with E-state index in [2.05, 4.69) is 0 Å². The van der Waals surface area contributed by atoms with Crippen LogP contribution >= 0.6 is 35.6 Å². The quantitative estimate of drug-likeness (QED) is 0.202. The lowest BCUT2D eigenvalue weighted by Gasteiger charge is -2.16. The van der Waals surface area contributed by atoms with Crippen LogP contribution in [-0.2, 0) is 11.4 Å². The third-order valence-corrected chi connectivity index (χ3v) is 6.16. The van der Waals surface area contributed by atoms with Gasteiger partial charge in [-0.3, -0.25) is 19.8 Å². The van der Waals surface area contributed by atoms with Gasteiger partial charge in [-0.1, -0.05) is 49.4 Å². The third-order valence-electron chi connectivity index (χ3n) is 4.50. The van der Waals surface area contributed by atoms with Gasteiger partial charge in [-0.2, -0.15) is 0 Å². The number of carbonyl (C=O) groups is 1. The number of rotatable bonds is 8. The number of amides is 1. The highest BCUT2D eigenvalue weighted by atomic mass is 35.5. The minimum absolute atomic E-state index is 0.00697. The van der Waals surface area contributed by atoms with Crippen molar-refractivity contribution in [3.8, 4) is 11.5 Å². The minimum atomic E-state index is -0.458. The highest BCUT2D eigenvalue weighted by Gasteiger charge is 2.32. The van der Waals surface area contributed by atoms with Gasteiger partial charge in [0, 0.05) is 18.7 Å². The first-order valence-corrected chi connectivity index (χ1v) is 11.3. The molecule has 7 nitrogen and oxygen atoms in total. The molecule has 10 heteroatoms. The van der Waals surface area contributed by atoms with Gasteiger partial charge in [0.25, 0.3) is 11.6 Å². The Morgan fingerprint density at radius 1 is 1.28 bits per heavy atom. The van der Waals surface area contributed by atoms with Crippen molar-refractivity contribution in [2.24, 2.45) is 5.92 Å². The maximum atomic E-state index is 12.7. The molecule has 0 aromatic heterocycles. The van der Waals surface area contributed by atoms with Gasteiger partial charge in [-0.05, 0) is 47.4 Å². The van der Waals surface area contributed by atoms with Crippen LogP contribution < -0.4 is 9.47 Å². The highest BCUT2D eigenvalue weighted by molar-refractivity contribution is 8.26. The fraction of sp³-hybridized carbons (Fsp3) is 0.273. The van der Waals surface area contributed by atoms with Crippen LogP contribution in [0.5, 0.6) is 11.5 Å². The largest absolute Gasteiger partial charge is 0.493 e. The van der Waals surface area contributed by atoms with Gasteiger partial charge in [-0.15, -0.1) is 0 Å². The number of thiocarbonyl (C=S) groups is 1. The number of halogens is 1. The van der Waals surface area contributed by atoms with E-state index in [1.165, 1.54) is 31.0 Å². The Bertz CT molecular complexity index is 1090. The van der Waals surface area contributed by atoms with Crippen LogP contribution in [0.2, 0.25) is 5.02 Å². The number of nitrogens with zero attached hydrogens (tertiary/aromatic N) is 2. The van der Waals surface area contributed by atoms with E-state index in [0.29, 0.717) is 43.8 Å². The van der Waals surface area contributed by atoms with Crippen LogP contribution in [0.1, 0.15) is 25.0 Å². The smallest absolute Gasteiger partial charge is 0.269 e. The molecule has 0 bridgehead atoms. The molecule has 0 unspecified atom stereocenters. The highest BCUT2D eigenvalue weighted by Crippen LogP contribution is 2.39. The van der Waals surface area contributed by atoms with E-state index in [4.69, 9.17) is 33.3 Å². The number of non-ortho nitro benzene ring substituents is 1. The molecule has 32 heavy (non-hydrogen) atoms. The predicted octanol–water partition coefficient (Wildman–Crippen LogP) is 5.69. The molecule has 0 spiro atoms. The van der Waals surface area contributed by atoms with Crippen LogP contribution in [0.15, 0.2) is 41.3 Å². The van der Waals surface area contributed by atoms with Crippen molar-refractivity contribution in [1.29, 1.82) is 0 Å². The predicted molar refractivity (Wildman–Crippen MR) is 130 cm³/mol. The third kappa shape index (κ3) is 5.59. The standard InChI is InChI=1S/C22H21ClN2O5S2/c1-13(2)11-24-21(26)19(32-22(24)31)10-15-8-17(23)20(18(9-15)29-3)30-12-14-4-6-16(7-5-14)25(27)28/h4-10,13H,11-12H2,1-3H3. The molecular weight excluding hydrogens is 472 g/mol.